The molecular formula is C27H44O3S. The standard InChI is InChI=1S/C27H44O3S/c1-18-21(16-22(28)17-25(18)29)10-9-20-8-6-14-27(5)23(11-12-24(20)27)19(2)31-15-7-13-26(3,4)30/h9-10,19,22-25,28-30H,1,6-8,11-17H2,2-5H3/t19-,22+,23+,24-,25-,27+/m0/s1. The third-order valence-electron chi connectivity index (χ3n) is 8.18. The van der Waals surface area contributed by atoms with Gasteiger partial charge in [-0.3, -0.25) is 0 Å². The molecule has 4 heteroatoms. The van der Waals surface area contributed by atoms with Gasteiger partial charge >= 0.3 is 0 Å². The van der Waals surface area contributed by atoms with Crippen molar-refractivity contribution in [2.24, 2.45) is 17.3 Å². The van der Waals surface area contributed by atoms with Crippen LogP contribution < -0.4 is 0 Å². The second-order valence-corrected chi connectivity index (χ2v) is 12.6. The topological polar surface area (TPSA) is 60.7 Å². The smallest absolute Gasteiger partial charge is 0.0811 e. The molecule has 0 aromatic rings. The average Bonchev–Trinajstić information content (AvgIpc) is 3.03. The average molecular weight is 449 g/mol. The van der Waals surface area contributed by atoms with Gasteiger partial charge in [-0.15, -0.1) is 0 Å². The van der Waals surface area contributed by atoms with Crippen molar-refractivity contribution in [3.8, 4) is 0 Å². The molecular weight excluding hydrogens is 404 g/mol. The van der Waals surface area contributed by atoms with Crippen LogP contribution in [-0.4, -0.2) is 44.1 Å². The monoisotopic (exact) mass is 448 g/mol. The van der Waals surface area contributed by atoms with Gasteiger partial charge in [-0.25, -0.2) is 0 Å². The quantitative estimate of drug-likeness (QED) is 0.431. The number of rotatable bonds is 7. The van der Waals surface area contributed by atoms with Crippen LogP contribution >= 0.6 is 11.8 Å². The molecule has 0 aliphatic heterocycles. The summed E-state index contributed by atoms with van der Waals surface area (Å²) in [7, 11) is 0. The molecule has 31 heavy (non-hydrogen) atoms. The summed E-state index contributed by atoms with van der Waals surface area (Å²) in [4.78, 5) is 0. The minimum Gasteiger partial charge on any atom is -0.393 e. The predicted molar refractivity (Wildman–Crippen MR) is 132 cm³/mol. The molecule has 0 aromatic heterocycles. The third-order valence-corrected chi connectivity index (χ3v) is 9.56. The van der Waals surface area contributed by atoms with Gasteiger partial charge < -0.3 is 15.3 Å². The highest BCUT2D eigenvalue weighted by Crippen LogP contribution is 2.59. The zero-order valence-electron chi connectivity index (χ0n) is 20.1. The van der Waals surface area contributed by atoms with Gasteiger partial charge in [-0.2, -0.15) is 11.8 Å². The molecule has 0 spiro atoms. The Morgan fingerprint density at radius 3 is 2.71 bits per heavy atom. The minimum absolute atomic E-state index is 0.369. The maximum absolute atomic E-state index is 10.1. The Hall–Kier alpha value is -0.550. The lowest BCUT2D eigenvalue weighted by Crippen LogP contribution is -2.37. The molecule has 3 aliphatic rings. The number of thioether (sulfide) groups is 1. The van der Waals surface area contributed by atoms with E-state index in [2.05, 4.69) is 44.3 Å². The summed E-state index contributed by atoms with van der Waals surface area (Å²) in [6, 6.07) is 0. The van der Waals surface area contributed by atoms with Gasteiger partial charge in [-0.1, -0.05) is 38.2 Å². The number of aliphatic hydroxyl groups is 3. The molecule has 0 saturated heterocycles. The Labute approximate surface area is 194 Å². The van der Waals surface area contributed by atoms with Crippen molar-refractivity contribution in [2.75, 3.05) is 5.75 Å². The van der Waals surface area contributed by atoms with E-state index < -0.39 is 17.8 Å². The molecule has 3 aliphatic carbocycles. The van der Waals surface area contributed by atoms with Crippen LogP contribution in [0.1, 0.15) is 85.5 Å². The highest BCUT2D eigenvalue weighted by molar-refractivity contribution is 7.99. The number of hydrogen-bond acceptors (Lipinski definition) is 4. The van der Waals surface area contributed by atoms with Crippen molar-refractivity contribution in [1.29, 1.82) is 0 Å². The normalized spacial score (nSPS) is 38.0. The highest BCUT2D eigenvalue weighted by Gasteiger charge is 2.50. The molecule has 3 N–H and O–H groups in total. The Bertz CT molecular complexity index is 704. The zero-order chi connectivity index (χ0) is 22.8. The SMILES string of the molecule is C=C1C(=CC=C2CCC[C@]3(C)[C@@H]([C@H](C)SCCCC(C)(C)O)CC[C@@H]23)C[C@@H](O)C[C@@H]1O. The van der Waals surface area contributed by atoms with Crippen molar-refractivity contribution in [3.05, 3.63) is 35.5 Å². The van der Waals surface area contributed by atoms with Crippen molar-refractivity contribution < 1.29 is 15.3 Å². The molecule has 3 nitrogen and oxygen atoms in total. The predicted octanol–water partition coefficient (Wildman–Crippen LogP) is 5.80. The Balaban J connectivity index is 1.66. The van der Waals surface area contributed by atoms with Crippen molar-refractivity contribution in [3.63, 3.8) is 0 Å². The summed E-state index contributed by atoms with van der Waals surface area (Å²) in [5.41, 5.74) is 3.16. The Morgan fingerprint density at radius 1 is 1.26 bits per heavy atom. The fraction of sp³-hybridized carbons (Fsp3) is 0.778. The van der Waals surface area contributed by atoms with Crippen LogP contribution in [0, 0.1) is 17.3 Å². The summed E-state index contributed by atoms with van der Waals surface area (Å²) >= 11 is 2.10. The van der Waals surface area contributed by atoms with E-state index >= 15 is 0 Å². The van der Waals surface area contributed by atoms with Crippen LogP contribution in [0.5, 0.6) is 0 Å². The first-order chi connectivity index (χ1) is 14.5. The van der Waals surface area contributed by atoms with Crippen LogP contribution in [0.4, 0.5) is 0 Å². The first-order valence-corrected chi connectivity index (χ1v) is 13.3. The summed E-state index contributed by atoms with van der Waals surface area (Å²) in [6.07, 6.45) is 12.6. The minimum atomic E-state index is -0.616. The summed E-state index contributed by atoms with van der Waals surface area (Å²) in [6.45, 7) is 12.8. The number of aliphatic hydroxyl groups excluding tert-OH is 2. The van der Waals surface area contributed by atoms with E-state index in [9.17, 15) is 15.3 Å². The lowest BCUT2D eigenvalue weighted by atomic mass is 9.63. The van der Waals surface area contributed by atoms with Gasteiger partial charge in [0.25, 0.3) is 0 Å². The van der Waals surface area contributed by atoms with E-state index in [-0.39, 0.29) is 0 Å². The molecule has 0 radical (unpaired) electrons. The van der Waals surface area contributed by atoms with Crippen molar-refractivity contribution in [2.45, 2.75) is 109 Å². The molecule has 0 bridgehead atoms. The maximum atomic E-state index is 10.1. The van der Waals surface area contributed by atoms with E-state index in [0.717, 1.165) is 35.7 Å². The van der Waals surface area contributed by atoms with E-state index in [1.165, 1.54) is 32.1 Å². The molecule has 3 fully saturated rings. The molecule has 0 amide bonds. The second-order valence-electron chi connectivity index (χ2n) is 11.2. The fourth-order valence-electron chi connectivity index (χ4n) is 6.41. The number of hydrogen-bond donors (Lipinski definition) is 3. The van der Waals surface area contributed by atoms with Crippen molar-refractivity contribution in [1.82, 2.24) is 0 Å². The fourth-order valence-corrected chi connectivity index (χ4v) is 7.77. The van der Waals surface area contributed by atoms with Gasteiger partial charge in [0, 0.05) is 11.7 Å². The first kappa shape index (κ1) is 25.1. The lowest BCUT2D eigenvalue weighted by Gasteiger charge is -2.44. The summed E-state index contributed by atoms with van der Waals surface area (Å²) in [5.74, 6) is 2.52. The van der Waals surface area contributed by atoms with Crippen LogP contribution in [0.3, 0.4) is 0 Å². The van der Waals surface area contributed by atoms with E-state index in [1.807, 2.05) is 13.8 Å². The van der Waals surface area contributed by atoms with E-state index in [1.54, 1.807) is 5.57 Å². The van der Waals surface area contributed by atoms with Crippen LogP contribution in [0.2, 0.25) is 0 Å². The number of fused-ring (bicyclic) bond motifs is 1. The molecule has 3 rings (SSSR count). The van der Waals surface area contributed by atoms with Gasteiger partial charge in [0.1, 0.15) is 0 Å². The maximum Gasteiger partial charge on any atom is 0.0811 e. The number of allylic oxidation sites excluding steroid dienone is 3. The Morgan fingerprint density at radius 2 is 2.00 bits per heavy atom. The highest BCUT2D eigenvalue weighted by atomic mass is 32.2. The van der Waals surface area contributed by atoms with E-state index in [0.29, 0.717) is 29.4 Å². The van der Waals surface area contributed by atoms with Crippen LogP contribution in [0.25, 0.3) is 0 Å². The third kappa shape index (κ3) is 6.07. The van der Waals surface area contributed by atoms with E-state index in [4.69, 9.17) is 0 Å². The first-order valence-electron chi connectivity index (χ1n) is 12.3. The van der Waals surface area contributed by atoms with Crippen LogP contribution in [-0.2, 0) is 0 Å². The van der Waals surface area contributed by atoms with Crippen LogP contribution in [0.15, 0.2) is 35.5 Å². The molecule has 176 valence electrons. The van der Waals surface area contributed by atoms with Gasteiger partial charge in [0.15, 0.2) is 0 Å². The lowest BCUT2D eigenvalue weighted by molar-refractivity contribution is 0.0705. The largest absolute Gasteiger partial charge is 0.393 e. The molecule has 0 unspecified atom stereocenters. The Kier molecular flexibility index (Phi) is 8.22. The zero-order valence-corrected chi connectivity index (χ0v) is 20.9. The van der Waals surface area contributed by atoms with Gasteiger partial charge in [0.05, 0.1) is 17.8 Å². The van der Waals surface area contributed by atoms with Crippen molar-refractivity contribution >= 4 is 11.8 Å². The molecule has 3 saturated carbocycles. The molecule has 0 aromatic carbocycles. The summed E-state index contributed by atoms with van der Waals surface area (Å²) < 4.78 is 0. The molecule has 6 atom stereocenters. The summed E-state index contributed by atoms with van der Waals surface area (Å²) in [5, 5.41) is 30.8. The second kappa shape index (κ2) is 10.2. The molecule has 0 heterocycles. The van der Waals surface area contributed by atoms with Gasteiger partial charge in [0.2, 0.25) is 0 Å². The van der Waals surface area contributed by atoms with Gasteiger partial charge in [-0.05, 0) is 99.4 Å².